The first-order valence-electron chi connectivity index (χ1n) is 4.93. The Morgan fingerprint density at radius 2 is 2.00 bits per heavy atom. The summed E-state index contributed by atoms with van der Waals surface area (Å²) in [4.78, 5) is 24.3. The summed E-state index contributed by atoms with van der Waals surface area (Å²) in [5, 5.41) is 0.291. The molecule has 0 saturated heterocycles. The van der Waals surface area contributed by atoms with Crippen LogP contribution in [-0.4, -0.2) is 37.5 Å². The van der Waals surface area contributed by atoms with Crippen molar-refractivity contribution in [1.82, 2.24) is 4.90 Å². The molecule has 1 aromatic rings. The minimum Gasteiger partial charge on any atom is -0.468 e. The number of hydrogen-bond acceptors (Lipinski definition) is 4. The summed E-state index contributed by atoms with van der Waals surface area (Å²) >= 11 is 11.7. The fourth-order valence-corrected chi connectivity index (χ4v) is 1.72. The van der Waals surface area contributed by atoms with Crippen molar-refractivity contribution in [3.63, 3.8) is 0 Å². The van der Waals surface area contributed by atoms with Crippen LogP contribution in [0, 0.1) is 0 Å². The highest BCUT2D eigenvalue weighted by atomic mass is 35.5. The SMILES string of the molecule is COC(=O)CN(C)C(=O)c1cc(N)cc(Cl)c1Cl. The van der Waals surface area contributed by atoms with E-state index in [1.165, 1.54) is 31.2 Å². The quantitative estimate of drug-likeness (QED) is 0.681. The monoisotopic (exact) mass is 290 g/mol. The van der Waals surface area contributed by atoms with Crippen molar-refractivity contribution in [2.45, 2.75) is 0 Å². The summed E-state index contributed by atoms with van der Waals surface area (Å²) < 4.78 is 4.47. The molecule has 1 aromatic carbocycles. The molecule has 0 radical (unpaired) electrons. The lowest BCUT2D eigenvalue weighted by Gasteiger charge is -2.17. The van der Waals surface area contributed by atoms with Crippen LogP contribution in [0.1, 0.15) is 10.4 Å². The second kappa shape index (κ2) is 5.93. The number of halogens is 2. The Labute approximate surface area is 114 Å². The second-order valence-electron chi connectivity index (χ2n) is 3.60. The van der Waals surface area contributed by atoms with Gasteiger partial charge in [-0.3, -0.25) is 9.59 Å². The molecule has 0 unspecified atom stereocenters. The maximum Gasteiger partial charge on any atom is 0.325 e. The number of benzene rings is 1. The normalized spacial score (nSPS) is 10.0. The number of carbonyl (C=O) groups is 2. The van der Waals surface area contributed by atoms with Gasteiger partial charge < -0.3 is 15.4 Å². The van der Waals surface area contributed by atoms with Crippen molar-refractivity contribution in [2.75, 3.05) is 26.4 Å². The number of rotatable bonds is 3. The summed E-state index contributed by atoms with van der Waals surface area (Å²) in [6.07, 6.45) is 0. The molecular weight excluding hydrogens is 279 g/mol. The van der Waals surface area contributed by atoms with E-state index in [-0.39, 0.29) is 22.2 Å². The van der Waals surface area contributed by atoms with E-state index in [9.17, 15) is 9.59 Å². The van der Waals surface area contributed by atoms with Gasteiger partial charge in [0.05, 0.1) is 22.7 Å². The van der Waals surface area contributed by atoms with Crippen molar-refractivity contribution in [2.24, 2.45) is 0 Å². The van der Waals surface area contributed by atoms with Crippen LogP contribution in [-0.2, 0) is 9.53 Å². The van der Waals surface area contributed by atoms with Gasteiger partial charge in [-0.1, -0.05) is 23.2 Å². The Bertz CT molecular complexity index is 491. The average Bonchev–Trinajstić information content (AvgIpc) is 2.32. The standard InChI is InChI=1S/C11H12Cl2N2O3/c1-15(5-9(16)18-2)11(17)7-3-6(14)4-8(12)10(7)13/h3-4H,5,14H2,1-2H3. The van der Waals surface area contributed by atoms with Gasteiger partial charge >= 0.3 is 5.97 Å². The predicted octanol–water partition coefficient (Wildman–Crippen LogP) is 1.82. The molecule has 0 fully saturated rings. The molecule has 0 saturated carbocycles. The topological polar surface area (TPSA) is 72.6 Å². The smallest absolute Gasteiger partial charge is 0.325 e. The zero-order valence-corrected chi connectivity index (χ0v) is 11.4. The lowest BCUT2D eigenvalue weighted by Crippen LogP contribution is -2.32. The Morgan fingerprint density at radius 3 is 2.56 bits per heavy atom. The molecule has 0 heterocycles. The second-order valence-corrected chi connectivity index (χ2v) is 4.39. The summed E-state index contributed by atoms with van der Waals surface area (Å²) in [5.74, 6) is -0.989. The molecule has 7 heteroatoms. The fraction of sp³-hybridized carbons (Fsp3) is 0.273. The number of hydrogen-bond donors (Lipinski definition) is 1. The molecule has 98 valence electrons. The van der Waals surface area contributed by atoms with Crippen LogP contribution < -0.4 is 5.73 Å². The van der Waals surface area contributed by atoms with E-state index in [2.05, 4.69) is 4.74 Å². The highest BCUT2D eigenvalue weighted by molar-refractivity contribution is 6.44. The summed E-state index contributed by atoms with van der Waals surface area (Å²) in [6, 6.07) is 2.85. The van der Waals surface area contributed by atoms with Crippen LogP contribution in [0.15, 0.2) is 12.1 Å². The van der Waals surface area contributed by atoms with Crippen molar-refractivity contribution in [3.05, 3.63) is 27.7 Å². The van der Waals surface area contributed by atoms with E-state index >= 15 is 0 Å². The van der Waals surface area contributed by atoms with Crippen LogP contribution in [0.4, 0.5) is 5.69 Å². The summed E-state index contributed by atoms with van der Waals surface area (Å²) in [7, 11) is 2.69. The van der Waals surface area contributed by atoms with Gasteiger partial charge in [0.15, 0.2) is 0 Å². The zero-order chi connectivity index (χ0) is 13.9. The molecule has 1 amide bonds. The number of anilines is 1. The number of methoxy groups -OCH3 is 1. The van der Waals surface area contributed by atoms with Crippen LogP contribution >= 0.6 is 23.2 Å². The zero-order valence-electron chi connectivity index (χ0n) is 9.87. The number of amides is 1. The highest BCUT2D eigenvalue weighted by Crippen LogP contribution is 2.29. The number of nitrogens with two attached hydrogens (primary N) is 1. The van der Waals surface area contributed by atoms with Crippen molar-refractivity contribution < 1.29 is 14.3 Å². The van der Waals surface area contributed by atoms with E-state index < -0.39 is 11.9 Å². The van der Waals surface area contributed by atoms with Gasteiger partial charge in [0, 0.05) is 12.7 Å². The molecule has 0 aliphatic heterocycles. The number of ether oxygens (including phenoxy) is 1. The van der Waals surface area contributed by atoms with Gasteiger partial charge in [-0.15, -0.1) is 0 Å². The maximum absolute atomic E-state index is 12.0. The van der Waals surface area contributed by atoms with Gasteiger partial charge in [-0.25, -0.2) is 0 Å². The molecule has 1 rings (SSSR count). The lowest BCUT2D eigenvalue weighted by molar-refractivity contribution is -0.141. The van der Waals surface area contributed by atoms with Gasteiger partial charge in [0.2, 0.25) is 0 Å². The number of carbonyl (C=O) groups excluding carboxylic acids is 2. The van der Waals surface area contributed by atoms with Crippen molar-refractivity contribution in [3.8, 4) is 0 Å². The molecule has 18 heavy (non-hydrogen) atoms. The van der Waals surface area contributed by atoms with E-state index in [4.69, 9.17) is 28.9 Å². The Morgan fingerprint density at radius 1 is 1.39 bits per heavy atom. The minimum absolute atomic E-state index is 0.104. The molecular formula is C11H12Cl2N2O3. The Balaban J connectivity index is 3.00. The minimum atomic E-state index is -0.531. The Hall–Kier alpha value is -1.46. The van der Waals surface area contributed by atoms with Crippen molar-refractivity contribution in [1.29, 1.82) is 0 Å². The number of likely N-dealkylation sites (N-methyl/N-ethyl adjacent to an activating group) is 1. The third-order valence-electron chi connectivity index (χ3n) is 2.22. The fourth-order valence-electron chi connectivity index (χ4n) is 1.30. The van der Waals surface area contributed by atoms with E-state index in [0.717, 1.165) is 0 Å². The molecule has 0 spiro atoms. The molecule has 0 bridgehead atoms. The van der Waals surface area contributed by atoms with E-state index in [1.807, 2.05) is 0 Å². The largest absolute Gasteiger partial charge is 0.468 e. The summed E-state index contributed by atoms with van der Waals surface area (Å²) in [5.41, 5.74) is 6.05. The van der Waals surface area contributed by atoms with Crippen LogP contribution in [0.5, 0.6) is 0 Å². The van der Waals surface area contributed by atoms with Crippen molar-refractivity contribution >= 4 is 40.8 Å². The van der Waals surface area contributed by atoms with Gasteiger partial charge in [-0.05, 0) is 12.1 Å². The molecule has 0 aromatic heterocycles. The van der Waals surface area contributed by atoms with Crippen LogP contribution in [0.2, 0.25) is 10.0 Å². The summed E-state index contributed by atoms with van der Waals surface area (Å²) in [6.45, 7) is -0.182. The number of nitrogen functional groups attached to an aromatic ring is 1. The third-order valence-corrected chi connectivity index (χ3v) is 3.02. The van der Waals surface area contributed by atoms with Gasteiger partial charge in [0.25, 0.3) is 5.91 Å². The molecule has 5 nitrogen and oxygen atoms in total. The maximum atomic E-state index is 12.0. The van der Waals surface area contributed by atoms with Crippen LogP contribution in [0.25, 0.3) is 0 Å². The van der Waals surface area contributed by atoms with E-state index in [1.54, 1.807) is 0 Å². The third kappa shape index (κ3) is 3.27. The van der Waals surface area contributed by atoms with Gasteiger partial charge in [-0.2, -0.15) is 0 Å². The highest BCUT2D eigenvalue weighted by Gasteiger charge is 2.19. The van der Waals surface area contributed by atoms with Gasteiger partial charge in [0.1, 0.15) is 6.54 Å². The first-order valence-corrected chi connectivity index (χ1v) is 5.69. The Kier molecular flexibility index (Phi) is 4.81. The van der Waals surface area contributed by atoms with E-state index in [0.29, 0.717) is 5.69 Å². The average molecular weight is 291 g/mol. The number of nitrogens with zero attached hydrogens (tertiary/aromatic N) is 1. The number of esters is 1. The first-order chi connectivity index (χ1) is 8.36. The van der Waals surface area contributed by atoms with Crippen LogP contribution in [0.3, 0.4) is 0 Å². The predicted molar refractivity (Wildman–Crippen MR) is 69.9 cm³/mol. The lowest BCUT2D eigenvalue weighted by atomic mass is 10.1. The first kappa shape index (κ1) is 14.6. The molecule has 0 aliphatic rings. The molecule has 0 aliphatic carbocycles. The molecule has 2 N–H and O–H groups in total. The molecule has 0 atom stereocenters.